The number of rotatable bonds is 2. The molecule has 0 saturated heterocycles. The first-order valence-electron chi connectivity index (χ1n) is 9.65. The van der Waals surface area contributed by atoms with Crippen LogP contribution in [0.15, 0.2) is 34.4 Å². The topological polar surface area (TPSA) is 116 Å². The largest absolute Gasteiger partial charge is 0.289 e. The monoisotopic (exact) mass is 488 g/mol. The molecule has 4 aromatic rings. The Morgan fingerprint density at radius 2 is 1.74 bits per heavy atom. The molecule has 0 saturated carbocycles. The molecule has 0 bridgehead atoms. The van der Waals surface area contributed by atoms with Crippen LogP contribution in [0, 0.1) is 41.2 Å². The molecule has 11 heteroatoms. The van der Waals surface area contributed by atoms with Gasteiger partial charge < -0.3 is 0 Å². The number of hydrogen-bond acceptors (Lipinski definition) is 9. The SMILES string of the molecule is CSc1c2ncc(/C=C3\C(=O)c4cc(F)c(F)cc4C3=C(C#N)C#N)nc2c(C)c2nsnc12. The summed E-state index contributed by atoms with van der Waals surface area (Å²) in [7, 11) is 0. The zero-order valence-corrected chi connectivity index (χ0v) is 19.1. The normalized spacial score (nSPS) is 14.0. The van der Waals surface area contributed by atoms with Crippen molar-refractivity contribution in [3.63, 3.8) is 0 Å². The highest BCUT2D eigenvalue weighted by Crippen LogP contribution is 2.41. The molecule has 0 radical (unpaired) electrons. The number of allylic oxidation sites excluding steroid dienone is 3. The minimum absolute atomic E-state index is 0.0156. The average Bonchev–Trinajstić information content (AvgIpc) is 3.41. The number of halogens is 2. The first-order valence-corrected chi connectivity index (χ1v) is 11.6. The van der Waals surface area contributed by atoms with E-state index in [9.17, 15) is 24.1 Å². The van der Waals surface area contributed by atoms with Crippen LogP contribution in [0.3, 0.4) is 0 Å². The van der Waals surface area contributed by atoms with Crippen LogP contribution in [0.1, 0.15) is 27.2 Å². The Bertz CT molecular complexity index is 1710. The Morgan fingerprint density at radius 1 is 1.06 bits per heavy atom. The maximum Gasteiger partial charge on any atom is 0.194 e. The fourth-order valence-corrected chi connectivity index (χ4v) is 5.28. The maximum atomic E-state index is 14.0. The zero-order chi connectivity index (χ0) is 24.1. The molecule has 0 N–H and O–H groups in total. The second-order valence-corrected chi connectivity index (χ2v) is 8.63. The number of carbonyl (C=O) groups excluding carboxylic acids is 1. The van der Waals surface area contributed by atoms with E-state index in [0.29, 0.717) is 16.6 Å². The summed E-state index contributed by atoms with van der Waals surface area (Å²) in [6.45, 7) is 1.85. The van der Waals surface area contributed by atoms with Crippen LogP contribution in [0.4, 0.5) is 8.78 Å². The predicted molar refractivity (Wildman–Crippen MR) is 124 cm³/mol. The molecule has 2 aromatic heterocycles. The molecule has 34 heavy (non-hydrogen) atoms. The van der Waals surface area contributed by atoms with Crippen LogP contribution >= 0.6 is 23.5 Å². The summed E-state index contributed by atoms with van der Waals surface area (Å²) in [6, 6.07) is 5.06. The van der Waals surface area contributed by atoms with Gasteiger partial charge in [0.15, 0.2) is 17.4 Å². The van der Waals surface area contributed by atoms with Gasteiger partial charge in [0.25, 0.3) is 0 Å². The van der Waals surface area contributed by atoms with Crippen molar-refractivity contribution in [1.82, 2.24) is 18.7 Å². The van der Waals surface area contributed by atoms with E-state index in [1.165, 1.54) is 24.0 Å². The van der Waals surface area contributed by atoms with E-state index in [-0.39, 0.29) is 28.0 Å². The Labute approximate surface area is 199 Å². The summed E-state index contributed by atoms with van der Waals surface area (Å²) in [5, 5.41) is 18.9. The van der Waals surface area contributed by atoms with Crippen LogP contribution < -0.4 is 0 Å². The summed E-state index contributed by atoms with van der Waals surface area (Å²) in [5.74, 6) is -3.03. The van der Waals surface area contributed by atoms with Gasteiger partial charge in [-0.3, -0.25) is 9.78 Å². The lowest BCUT2D eigenvalue weighted by molar-refractivity contribution is 0.104. The average molecular weight is 489 g/mol. The van der Waals surface area contributed by atoms with Crippen molar-refractivity contribution >= 4 is 63.0 Å². The third-order valence-corrected chi connectivity index (χ3v) is 6.80. The molecule has 1 aliphatic carbocycles. The Morgan fingerprint density at radius 3 is 2.41 bits per heavy atom. The van der Waals surface area contributed by atoms with Gasteiger partial charge >= 0.3 is 0 Å². The molecular formula is C23H10F2N6OS2. The molecule has 7 nitrogen and oxygen atoms in total. The van der Waals surface area contributed by atoms with Gasteiger partial charge in [0, 0.05) is 22.3 Å². The second-order valence-electron chi connectivity index (χ2n) is 7.28. The highest BCUT2D eigenvalue weighted by molar-refractivity contribution is 7.99. The van der Waals surface area contributed by atoms with E-state index in [2.05, 4.69) is 18.7 Å². The molecule has 0 unspecified atom stereocenters. The lowest BCUT2D eigenvalue weighted by atomic mass is 9.99. The Balaban J connectivity index is 1.78. The molecule has 0 amide bonds. The van der Waals surface area contributed by atoms with Crippen LogP contribution in [-0.4, -0.2) is 30.8 Å². The minimum atomic E-state index is -1.20. The number of nitriles is 2. The molecule has 2 heterocycles. The van der Waals surface area contributed by atoms with Crippen molar-refractivity contribution in [3.8, 4) is 12.1 Å². The third-order valence-electron chi connectivity index (χ3n) is 5.48. The number of aromatic nitrogens is 4. The summed E-state index contributed by atoms with van der Waals surface area (Å²) in [6.07, 6.45) is 4.72. The molecular weight excluding hydrogens is 478 g/mol. The van der Waals surface area contributed by atoms with E-state index in [0.717, 1.165) is 39.8 Å². The van der Waals surface area contributed by atoms with Crippen molar-refractivity contribution in [3.05, 3.63) is 63.5 Å². The molecule has 0 atom stereocenters. The molecule has 0 aliphatic heterocycles. The number of hydrogen-bond donors (Lipinski definition) is 0. The van der Waals surface area contributed by atoms with Crippen molar-refractivity contribution in [2.24, 2.45) is 0 Å². The van der Waals surface area contributed by atoms with Crippen LogP contribution in [0.25, 0.3) is 33.7 Å². The van der Waals surface area contributed by atoms with E-state index in [1.54, 1.807) is 12.1 Å². The van der Waals surface area contributed by atoms with Gasteiger partial charge in [-0.1, -0.05) is 0 Å². The number of ketones is 1. The van der Waals surface area contributed by atoms with E-state index < -0.39 is 23.0 Å². The molecule has 5 rings (SSSR count). The molecule has 164 valence electrons. The smallest absolute Gasteiger partial charge is 0.194 e. The van der Waals surface area contributed by atoms with Crippen molar-refractivity contribution < 1.29 is 13.6 Å². The second kappa shape index (κ2) is 8.06. The van der Waals surface area contributed by atoms with Crippen molar-refractivity contribution in [2.45, 2.75) is 11.8 Å². The van der Waals surface area contributed by atoms with Gasteiger partial charge in [-0.25, -0.2) is 13.8 Å². The third kappa shape index (κ3) is 3.10. The highest BCUT2D eigenvalue weighted by Gasteiger charge is 2.34. The van der Waals surface area contributed by atoms with Gasteiger partial charge in [0.05, 0.1) is 34.0 Å². The number of fused-ring (bicyclic) bond motifs is 3. The lowest BCUT2D eigenvalue weighted by Gasteiger charge is -2.08. The molecule has 0 spiro atoms. The number of aryl methyl sites for hydroxylation is 1. The van der Waals surface area contributed by atoms with E-state index in [4.69, 9.17) is 0 Å². The molecule has 1 aliphatic rings. The van der Waals surface area contributed by atoms with Gasteiger partial charge in [-0.15, -0.1) is 11.8 Å². The van der Waals surface area contributed by atoms with Crippen molar-refractivity contribution in [1.29, 1.82) is 10.5 Å². The summed E-state index contributed by atoms with van der Waals surface area (Å²) in [5.41, 5.74) is 3.00. The predicted octanol–water partition coefficient (Wildman–Crippen LogP) is 5.02. The lowest BCUT2D eigenvalue weighted by Crippen LogP contribution is -1.99. The van der Waals surface area contributed by atoms with Crippen LogP contribution in [0.2, 0.25) is 0 Å². The minimum Gasteiger partial charge on any atom is -0.289 e. The van der Waals surface area contributed by atoms with Gasteiger partial charge in [0.1, 0.15) is 34.3 Å². The maximum absolute atomic E-state index is 14.0. The fourth-order valence-electron chi connectivity index (χ4n) is 3.94. The quantitative estimate of drug-likeness (QED) is 0.219. The van der Waals surface area contributed by atoms with Crippen molar-refractivity contribution in [2.75, 3.05) is 6.26 Å². The number of benzene rings is 2. The number of carbonyl (C=O) groups is 1. The summed E-state index contributed by atoms with van der Waals surface area (Å²) < 4.78 is 36.5. The zero-order valence-electron chi connectivity index (χ0n) is 17.5. The molecule has 0 fully saturated rings. The van der Waals surface area contributed by atoms with Gasteiger partial charge in [-0.05, 0) is 37.0 Å². The standard InChI is InChI=1S/C23H10F2N6OS2/c1-9-18-20(23(33-2)21-19(9)30-34-31-21)28-8-11(29-18)3-14-17(10(6-26)7-27)12-4-15(24)16(25)5-13(12)22(14)32/h3-5,8H,1-2H3/b14-3-. The van der Waals surface area contributed by atoms with E-state index >= 15 is 0 Å². The number of Topliss-reactive ketones (excluding diaryl/α,β-unsaturated/α-hetero) is 1. The molecule has 2 aromatic carbocycles. The Kier molecular flexibility index (Phi) is 5.16. The first-order chi connectivity index (χ1) is 16.4. The summed E-state index contributed by atoms with van der Waals surface area (Å²) in [4.78, 5) is 23.1. The number of nitrogens with zero attached hydrogens (tertiary/aromatic N) is 6. The van der Waals surface area contributed by atoms with Gasteiger partial charge in [0.2, 0.25) is 0 Å². The Hall–Kier alpha value is -4.06. The van der Waals surface area contributed by atoms with E-state index in [1.807, 2.05) is 13.2 Å². The highest BCUT2D eigenvalue weighted by atomic mass is 32.2. The number of thioether (sulfide) groups is 1. The van der Waals surface area contributed by atoms with Crippen LogP contribution in [0.5, 0.6) is 0 Å². The first kappa shape index (κ1) is 21.8. The van der Waals surface area contributed by atoms with Crippen LogP contribution in [-0.2, 0) is 0 Å². The summed E-state index contributed by atoms with van der Waals surface area (Å²) >= 11 is 2.55. The fraction of sp³-hybridized carbons (Fsp3) is 0.0870. The van der Waals surface area contributed by atoms with Gasteiger partial charge in [-0.2, -0.15) is 19.3 Å².